The lowest BCUT2D eigenvalue weighted by Gasteiger charge is -2.11. The number of ether oxygens (including phenoxy) is 1. The number of carbonyl (C=O) groups is 1. The molecule has 1 unspecified atom stereocenters. The number of hydrogen-bond acceptors (Lipinski definition) is 6. The van der Waals surface area contributed by atoms with Gasteiger partial charge in [-0.1, -0.05) is 0 Å². The van der Waals surface area contributed by atoms with Crippen molar-refractivity contribution in [2.75, 3.05) is 7.11 Å². The van der Waals surface area contributed by atoms with E-state index in [1.165, 1.54) is 7.11 Å². The van der Waals surface area contributed by atoms with Crippen LogP contribution in [0.25, 0.3) is 0 Å². The minimum atomic E-state index is -0.390. The van der Waals surface area contributed by atoms with E-state index in [4.69, 9.17) is 4.42 Å². The number of carbonyl (C=O) groups excluding carboxylic acids is 1. The van der Waals surface area contributed by atoms with E-state index in [-0.39, 0.29) is 12.0 Å². The van der Waals surface area contributed by atoms with E-state index in [1.807, 2.05) is 18.5 Å². The first-order chi connectivity index (χ1) is 9.52. The molecule has 0 fully saturated rings. The quantitative estimate of drug-likeness (QED) is 0.831. The summed E-state index contributed by atoms with van der Waals surface area (Å²) in [6.07, 6.45) is 1.65. The van der Waals surface area contributed by atoms with Crippen LogP contribution in [0.15, 0.2) is 16.8 Å². The fourth-order valence-electron chi connectivity index (χ4n) is 1.97. The summed E-state index contributed by atoms with van der Waals surface area (Å²) in [5, 5.41) is 11.1. The summed E-state index contributed by atoms with van der Waals surface area (Å²) in [5.41, 5.74) is 0.454. The normalized spacial score (nSPS) is 12.4. The van der Waals surface area contributed by atoms with Gasteiger partial charge in [0.15, 0.2) is 0 Å². The van der Waals surface area contributed by atoms with Crippen LogP contribution in [0.1, 0.15) is 40.7 Å². The Kier molecular flexibility index (Phi) is 4.19. The SMILES string of the molecule is COC(=O)c1cc(CNC(C)c2nncn2C)oc1C. The number of nitrogens with one attached hydrogen (secondary N) is 1. The maximum Gasteiger partial charge on any atom is 0.341 e. The zero-order valence-corrected chi connectivity index (χ0v) is 12.0. The maximum atomic E-state index is 11.5. The Labute approximate surface area is 116 Å². The number of nitrogens with zero attached hydrogens (tertiary/aromatic N) is 3. The van der Waals surface area contributed by atoms with Crippen molar-refractivity contribution < 1.29 is 13.9 Å². The lowest BCUT2D eigenvalue weighted by molar-refractivity contribution is 0.0599. The van der Waals surface area contributed by atoms with Crippen LogP contribution in [0, 0.1) is 6.92 Å². The van der Waals surface area contributed by atoms with E-state index in [1.54, 1.807) is 19.3 Å². The molecule has 7 heteroatoms. The summed E-state index contributed by atoms with van der Waals surface area (Å²) in [4.78, 5) is 11.5. The average molecular weight is 278 g/mol. The summed E-state index contributed by atoms with van der Waals surface area (Å²) < 4.78 is 12.1. The van der Waals surface area contributed by atoms with Crippen molar-refractivity contribution in [1.82, 2.24) is 20.1 Å². The van der Waals surface area contributed by atoms with Crippen LogP contribution in [0.2, 0.25) is 0 Å². The minimum absolute atomic E-state index is 0.0227. The molecule has 0 amide bonds. The van der Waals surface area contributed by atoms with Crippen molar-refractivity contribution >= 4 is 5.97 Å². The molecule has 0 saturated carbocycles. The second-order valence-electron chi connectivity index (χ2n) is 4.58. The van der Waals surface area contributed by atoms with E-state index in [0.29, 0.717) is 23.6 Å². The highest BCUT2D eigenvalue weighted by molar-refractivity contribution is 5.90. The molecule has 20 heavy (non-hydrogen) atoms. The molecule has 0 aromatic carbocycles. The molecule has 7 nitrogen and oxygen atoms in total. The molecule has 1 N–H and O–H groups in total. The second-order valence-corrected chi connectivity index (χ2v) is 4.58. The summed E-state index contributed by atoms with van der Waals surface area (Å²) in [5.74, 6) is 1.68. The predicted octanol–water partition coefficient (Wildman–Crippen LogP) is 1.35. The van der Waals surface area contributed by atoms with Crippen molar-refractivity contribution in [2.45, 2.75) is 26.4 Å². The van der Waals surface area contributed by atoms with Gasteiger partial charge in [-0.3, -0.25) is 0 Å². The Bertz CT molecular complexity index is 603. The largest absolute Gasteiger partial charge is 0.465 e. The molecule has 2 rings (SSSR count). The summed E-state index contributed by atoms with van der Waals surface area (Å²) in [7, 11) is 3.24. The van der Waals surface area contributed by atoms with Crippen LogP contribution in [-0.4, -0.2) is 27.8 Å². The third kappa shape index (κ3) is 2.88. The molecule has 0 bridgehead atoms. The van der Waals surface area contributed by atoms with Crippen molar-refractivity contribution in [3.8, 4) is 0 Å². The molecule has 0 aliphatic heterocycles. The van der Waals surface area contributed by atoms with Crippen LogP contribution >= 0.6 is 0 Å². The van der Waals surface area contributed by atoms with Crippen molar-refractivity contribution in [3.63, 3.8) is 0 Å². The van der Waals surface area contributed by atoms with Crippen LogP contribution < -0.4 is 5.32 Å². The highest BCUT2D eigenvalue weighted by Gasteiger charge is 2.16. The molecule has 2 aromatic heterocycles. The highest BCUT2D eigenvalue weighted by atomic mass is 16.5. The fraction of sp³-hybridized carbons (Fsp3) is 0.462. The van der Waals surface area contributed by atoms with E-state index in [2.05, 4.69) is 20.3 Å². The van der Waals surface area contributed by atoms with E-state index in [9.17, 15) is 4.79 Å². The topological polar surface area (TPSA) is 82.2 Å². The number of hydrogen-bond donors (Lipinski definition) is 1. The summed E-state index contributed by atoms with van der Waals surface area (Å²) in [6.45, 7) is 4.22. The molecular formula is C13H18N4O3. The van der Waals surface area contributed by atoms with Crippen LogP contribution in [0.4, 0.5) is 0 Å². The van der Waals surface area contributed by atoms with Gasteiger partial charge in [0, 0.05) is 7.05 Å². The number of aryl methyl sites for hydroxylation is 2. The van der Waals surface area contributed by atoms with E-state index >= 15 is 0 Å². The Morgan fingerprint density at radius 1 is 1.60 bits per heavy atom. The minimum Gasteiger partial charge on any atom is -0.465 e. The summed E-state index contributed by atoms with van der Waals surface area (Å²) >= 11 is 0. The zero-order chi connectivity index (χ0) is 14.7. The van der Waals surface area contributed by atoms with Gasteiger partial charge in [-0.25, -0.2) is 4.79 Å². The number of furan rings is 1. The van der Waals surface area contributed by atoms with Gasteiger partial charge in [-0.15, -0.1) is 10.2 Å². The van der Waals surface area contributed by atoms with Crippen molar-refractivity contribution in [1.29, 1.82) is 0 Å². The Hall–Kier alpha value is -2.15. The highest BCUT2D eigenvalue weighted by Crippen LogP contribution is 2.16. The van der Waals surface area contributed by atoms with Crippen LogP contribution in [0.5, 0.6) is 0 Å². The monoisotopic (exact) mass is 278 g/mol. The summed E-state index contributed by atoms with van der Waals surface area (Å²) in [6, 6.07) is 1.71. The third-order valence-electron chi connectivity index (χ3n) is 3.09. The smallest absolute Gasteiger partial charge is 0.341 e. The first kappa shape index (κ1) is 14.3. The van der Waals surface area contributed by atoms with Gasteiger partial charge in [0.25, 0.3) is 0 Å². The van der Waals surface area contributed by atoms with E-state index < -0.39 is 0 Å². The van der Waals surface area contributed by atoms with Crippen LogP contribution in [0.3, 0.4) is 0 Å². The van der Waals surface area contributed by atoms with Crippen molar-refractivity contribution in [3.05, 3.63) is 35.3 Å². The molecule has 1 atom stereocenters. The lowest BCUT2D eigenvalue weighted by atomic mass is 10.2. The van der Waals surface area contributed by atoms with Gasteiger partial charge in [0.1, 0.15) is 29.2 Å². The maximum absolute atomic E-state index is 11.5. The standard InChI is InChI=1S/C13H18N4O3/c1-8(12-16-15-7-17(12)3)14-6-10-5-11(9(2)20-10)13(18)19-4/h5,7-8,14H,6H2,1-4H3. The average Bonchev–Trinajstić information content (AvgIpc) is 3.01. The zero-order valence-electron chi connectivity index (χ0n) is 12.0. The Morgan fingerprint density at radius 2 is 2.35 bits per heavy atom. The van der Waals surface area contributed by atoms with Gasteiger partial charge < -0.3 is 19.0 Å². The first-order valence-electron chi connectivity index (χ1n) is 6.27. The number of rotatable bonds is 5. The molecule has 0 radical (unpaired) electrons. The molecular weight excluding hydrogens is 260 g/mol. The van der Waals surface area contributed by atoms with E-state index in [0.717, 1.165) is 5.82 Å². The molecule has 0 saturated heterocycles. The second kappa shape index (κ2) is 5.87. The molecule has 108 valence electrons. The van der Waals surface area contributed by atoms with Gasteiger partial charge in [0.2, 0.25) is 0 Å². The third-order valence-corrected chi connectivity index (χ3v) is 3.09. The molecule has 0 spiro atoms. The molecule has 2 aromatic rings. The predicted molar refractivity (Wildman–Crippen MR) is 71.0 cm³/mol. The number of methoxy groups -OCH3 is 1. The fourth-order valence-corrected chi connectivity index (χ4v) is 1.97. The molecule has 0 aliphatic rings. The van der Waals surface area contributed by atoms with Gasteiger partial charge in [-0.05, 0) is 19.9 Å². The Balaban J connectivity index is 2.01. The van der Waals surface area contributed by atoms with Gasteiger partial charge in [-0.2, -0.15) is 0 Å². The van der Waals surface area contributed by atoms with Gasteiger partial charge >= 0.3 is 5.97 Å². The molecule has 2 heterocycles. The number of aromatic nitrogens is 3. The van der Waals surface area contributed by atoms with Crippen LogP contribution in [-0.2, 0) is 18.3 Å². The number of esters is 1. The molecule has 0 aliphatic carbocycles. The lowest BCUT2D eigenvalue weighted by Crippen LogP contribution is -2.20. The first-order valence-corrected chi connectivity index (χ1v) is 6.27. The van der Waals surface area contributed by atoms with Crippen molar-refractivity contribution in [2.24, 2.45) is 7.05 Å². The van der Waals surface area contributed by atoms with Gasteiger partial charge in [0.05, 0.1) is 19.7 Å². The Morgan fingerprint density at radius 3 is 2.95 bits per heavy atom.